The standard InChI is InChI=1S/C17H22N2O6/c1-4-5-6-9-18-14(20)15(21)19-13-10-11(16(22)24-2)7-8-12(13)17(23)25-3/h7-8,10H,4-6,9H2,1-3H3,(H,18,20)(H,19,21). The monoisotopic (exact) mass is 350 g/mol. The van der Waals surface area contributed by atoms with Crippen molar-refractivity contribution in [1.29, 1.82) is 0 Å². The number of nitrogens with one attached hydrogen (secondary N) is 2. The molecule has 8 heteroatoms. The summed E-state index contributed by atoms with van der Waals surface area (Å²) in [5.74, 6) is -3.12. The molecule has 1 aromatic carbocycles. The molecule has 0 spiro atoms. The number of benzene rings is 1. The summed E-state index contributed by atoms with van der Waals surface area (Å²) in [6, 6.07) is 3.92. The van der Waals surface area contributed by atoms with Crippen LogP contribution in [-0.2, 0) is 19.1 Å². The van der Waals surface area contributed by atoms with Crippen molar-refractivity contribution in [3.05, 3.63) is 29.3 Å². The van der Waals surface area contributed by atoms with E-state index in [1.165, 1.54) is 32.4 Å². The van der Waals surface area contributed by atoms with E-state index in [1.807, 2.05) is 6.92 Å². The molecule has 0 heterocycles. The fourth-order valence-corrected chi connectivity index (χ4v) is 2.02. The zero-order chi connectivity index (χ0) is 18.8. The predicted molar refractivity (Wildman–Crippen MR) is 90.3 cm³/mol. The number of carbonyl (C=O) groups is 4. The number of ether oxygens (including phenoxy) is 2. The lowest BCUT2D eigenvalue weighted by molar-refractivity contribution is -0.136. The van der Waals surface area contributed by atoms with Gasteiger partial charge in [-0.05, 0) is 24.6 Å². The smallest absolute Gasteiger partial charge is 0.339 e. The molecular formula is C17H22N2O6. The molecule has 2 N–H and O–H groups in total. The van der Waals surface area contributed by atoms with Crippen LogP contribution in [0.25, 0.3) is 0 Å². The van der Waals surface area contributed by atoms with Crippen molar-refractivity contribution in [3.63, 3.8) is 0 Å². The molecule has 0 saturated carbocycles. The maximum absolute atomic E-state index is 12.0. The molecule has 0 atom stereocenters. The van der Waals surface area contributed by atoms with Crippen LogP contribution in [0.2, 0.25) is 0 Å². The van der Waals surface area contributed by atoms with Gasteiger partial charge in [-0.3, -0.25) is 9.59 Å². The molecule has 136 valence electrons. The van der Waals surface area contributed by atoms with Gasteiger partial charge in [-0.15, -0.1) is 0 Å². The summed E-state index contributed by atoms with van der Waals surface area (Å²) in [5.41, 5.74) is 0.125. The minimum Gasteiger partial charge on any atom is -0.465 e. The summed E-state index contributed by atoms with van der Waals surface area (Å²) in [5, 5.41) is 4.82. The number of anilines is 1. The molecular weight excluding hydrogens is 328 g/mol. The first-order valence-electron chi connectivity index (χ1n) is 7.84. The highest BCUT2D eigenvalue weighted by Gasteiger charge is 2.20. The van der Waals surface area contributed by atoms with E-state index >= 15 is 0 Å². The number of methoxy groups -OCH3 is 2. The molecule has 0 aliphatic carbocycles. The van der Waals surface area contributed by atoms with Crippen LogP contribution >= 0.6 is 0 Å². The number of amides is 2. The summed E-state index contributed by atoms with van der Waals surface area (Å²) >= 11 is 0. The molecule has 1 aromatic rings. The number of carbonyl (C=O) groups excluding carboxylic acids is 4. The summed E-state index contributed by atoms with van der Waals surface area (Å²) < 4.78 is 9.23. The van der Waals surface area contributed by atoms with E-state index < -0.39 is 23.8 Å². The third-order valence-corrected chi connectivity index (χ3v) is 3.37. The Morgan fingerprint density at radius 3 is 2.24 bits per heavy atom. The molecule has 0 saturated heterocycles. The quantitative estimate of drug-likeness (QED) is 0.438. The van der Waals surface area contributed by atoms with Crippen LogP contribution in [0.15, 0.2) is 18.2 Å². The lowest BCUT2D eigenvalue weighted by Crippen LogP contribution is -2.36. The van der Waals surface area contributed by atoms with E-state index in [4.69, 9.17) is 0 Å². The van der Waals surface area contributed by atoms with Crippen molar-refractivity contribution in [3.8, 4) is 0 Å². The van der Waals surface area contributed by atoms with Crippen molar-refractivity contribution in [2.45, 2.75) is 26.2 Å². The van der Waals surface area contributed by atoms with Gasteiger partial charge in [0.15, 0.2) is 0 Å². The van der Waals surface area contributed by atoms with E-state index in [2.05, 4.69) is 20.1 Å². The average Bonchev–Trinajstić information content (AvgIpc) is 2.63. The van der Waals surface area contributed by atoms with Crippen molar-refractivity contribution >= 4 is 29.4 Å². The predicted octanol–water partition coefficient (Wildman–Crippen LogP) is 1.50. The molecule has 25 heavy (non-hydrogen) atoms. The Morgan fingerprint density at radius 1 is 0.960 bits per heavy atom. The maximum atomic E-state index is 12.0. The third kappa shape index (κ3) is 5.91. The number of hydrogen-bond donors (Lipinski definition) is 2. The van der Waals surface area contributed by atoms with Gasteiger partial charge in [0.2, 0.25) is 0 Å². The fourth-order valence-electron chi connectivity index (χ4n) is 2.02. The Kier molecular flexibility index (Phi) is 8.11. The van der Waals surface area contributed by atoms with Crippen molar-refractivity contribution in [2.24, 2.45) is 0 Å². The first-order chi connectivity index (χ1) is 11.9. The molecule has 1 rings (SSSR count). The highest BCUT2D eigenvalue weighted by Crippen LogP contribution is 2.19. The van der Waals surface area contributed by atoms with Gasteiger partial charge in [-0.1, -0.05) is 19.8 Å². The third-order valence-electron chi connectivity index (χ3n) is 3.37. The van der Waals surface area contributed by atoms with Crippen molar-refractivity contribution in [2.75, 3.05) is 26.1 Å². The molecule has 2 amide bonds. The van der Waals surface area contributed by atoms with Crippen LogP contribution in [0.5, 0.6) is 0 Å². The number of esters is 2. The van der Waals surface area contributed by atoms with Gasteiger partial charge in [0.25, 0.3) is 0 Å². The number of rotatable bonds is 7. The lowest BCUT2D eigenvalue weighted by atomic mass is 10.1. The Hall–Kier alpha value is -2.90. The molecule has 0 radical (unpaired) electrons. The van der Waals surface area contributed by atoms with Gasteiger partial charge in [-0.25, -0.2) is 9.59 Å². The van der Waals surface area contributed by atoms with E-state index in [0.29, 0.717) is 6.54 Å². The summed E-state index contributed by atoms with van der Waals surface area (Å²) in [6.07, 6.45) is 2.70. The zero-order valence-electron chi connectivity index (χ0n) is 14.5. The van der Waals surface area contributed by atoms with Gasteiger partial charge >= 0.3 is 23.8 Å². The topological polar surface area (TPSA) is 111 Å². The Bertz CT molecular complexity index is 657. The Morgan fingerprint density at radius 2 is 1.64 bits per heavy atom. The summed E-state index contributed by atoms with van der Waals surface area (Å²) in [7, 11) is 2.39. The molecule has 0 fully saturated rings. The SMILES string of the molecule is CCCCCNC(=O)C(=O)Nc1cc(C(=O)OC)ccc1C(=O)OC. The first-order valence-corrected chi connectivity index (χ1v) is 7.84. The van der Waals surface area contributed by atoms with E-state index in [9.17, 15) is 19.2 Å². The average molecular weight is 350 g/mol. The largest absolute Gasteiger partial charge is 0.465 e. The number of hydrogen-bond acceptors (Lipinski definition) is 6. The zero-order valence-corrected chi connectivity index (χ0v) is 14.5. The van der Waals surface area contributed by atoms with Crippen LogP contribution < -0.4 is 10.6 Å². The summed E-state index contributed by atoms with van der Waals surface area (Å²) in [6.45, 7) is 2.41. The molecule has 0 bridgehead atoms. The van der Waals surface area contributed by atoms with E-state index in [0.717, 1.165) is 19.3 Å². The van der Waals surface area contributed by atoms with Crippen LogP contribution in [0.3, 0.4) is 0 Å². The van der Waals surface area contributed by atoms with Crippen LogP contribution in [-0.4, -0.2) is 44.5 Å². The first kappa shape index (κ1) is 20.1. The van der Waals surface area contributed by atoms with Gasteiger partial charge in [0, 0.05) is 6.54 Å². The van der Waals surface area contributed by atoms with E-state index in [-0.39, 0.29) is 16.8 Å². The molecule has 0 aliphatic heterocycles. The Balaban J connectivity index is 2.92. The minimum atomic E-state index is -0.941. The van der Waals surface area contributed by atoms with Crippen molar-refractivity contribution in [1.82, 2.24) is 5.32 Å². The van der Waals surface area contributed by atoms with Crippen LogP contribution in [0.1, 0.15) is 46.9 Å². The molecule has 8 nitrogen and oxygen atoms in total. The number of unbranched alkanes of at least 4 members (excludes halogenated alkanes) is 2. The Labute approximate surface area is 145 Å². The van der Waals surface area contributed by atoms with E-state index in [1.54, 1.807) is 0 Å². The fraction of sp³-hybridized carbons (Fsp3) is 0.412. The molecule has 0 aliphatic rings. The lowest BCUT2D eigenvalue weighted by Gasteiger charge is -2.11. The van der Waals surface area contributed by atoms with Gasteiger partial charge in [0.1, 0.15) is 0 Å². The maximum Gasteiger partial charge on any atom is 0.339 e. The van der Waals surface area contributed by atoms with Gasteiger partial charge in [-0.2, -0.15) is 0 Å². The summed E-state index contributed by atoms with van der Waals surface area (Å²) in [4.78, 5) is 47.2. The van der Waals surface area contributed by atoms with Gasteiger partial charge in [0.05, 0.1) is 31.0 Å². The van der Waals surface area contributed by atoms with Crippen molar-refractivity contribution < 1.29 is 28.7 Å². The minimum absolute atomic E-state index is 0.0107. The normalized spacial score (nSPS) is 9.88. The molecule has 0 unspecified atom stereocenters. The van der Waals surface area contributed by atoms with Gasteiger partial charge < -0.3 is 20.1 Å². The second-order valence-electron chi connectivity index (χ2n) is 5.16. The second kappa shape index (κ2) is 10.1. The molecule has 0 aromatic heterocycles. The highest BCUT2D eigenvalue weighted by molar-refractivity contribution is 6.40. The second-order valence-corrected chi connectivity index (χ2v) is 5.16. The van der Waals surface area contributed by atoms with Crippen LogP contribution in [0, 0.1) is 0 Å². The highest BCUT2D eigenvalue weighted by atomic mass is 16.5. The van der Waals surface area contributed by atoms with Crippen LogP contribution in [0.4, 0.5) is 5.69 Å².